The van der Waals surface area contributed by atoms with E-state index in [1.165, 1.54) is 6.07 Å². The lowest BCUT2D eigenvalue weighted by Crippen LogP contribution is -2.39. The van der Waals surface area contributed by atoms with Crippen molar-refractivity contribution < 1.29 is 13.5 Å². The molecule has 11 heteroatoms. The number of halogens is 2. The molecule has 0 spiro atoms. The fourth-order valence-electron chi connectivity index (χ4n) is 2.25. The van der Waals surface area contributed by atoms with Crippen molar-refractivity contribution in [2.24, 2.45) is 4.99 Å². The SMILES string of the molecule is CCNC(=NCC(O)CS(=O)(=O)c1cccs1)NCCc1ccc(Cl)nc1.I. The Hall–Kier alpha value is -0.950. The van der Waals surface area contributed by atoms with Crippen LogP contribution in [-0.2, 0) is 16.3 Å². The normalized spacial score (nSPS) is 12.9. The summed E-state index contributed by atoms with van der Waals surface area (Å²) in [6, 6.07) is 6.85. The molecule has 0 saturated carbocycles. The largest absolute Gasteiger partial charge is 0.390 e. The summed E-state index contributed by atoms with van der Waals surface area (Å²) in [6.07, 6.45) is 1.37. The van der Waals surface area contributed by atoms with Crippen molar-refractivity contribution in [2.45, 2.75) is 23.7 Å². The first-order chi connectivity index (χ1) is 12.9. The Morgan fingerprint density at radius 2 is 2.14 bits per heavy atom. The third-order valence-corrected chi connectivity index (χ3v) is 7.02. The van der Waals surface area contributed by atoms with Gasteiger partial charge in [0.05, 0.1) is 18.4 Å². The van der Waals surface area contributed by atoms with Crippen LogP contribution in [0.15, 0.2) is 45.0 Å². The molecular formula is C17H24ClIN4O3S2. The van der Waals surface area contributed by atoms with Crippen molar-refractivity contribution in [3.05, 3.63) is 46.6 Å². The molecule has 0 fully saturated rings. The van der Waals surface area contributed by atoms with Gasteiger partial charge in [0.2, 0.25) is 0 Å². The molecule has 0 amide bonds. The van der Waals surface area contributed by atoms with E-state index in [0.717, 1.165) is 23.3 Å². The molecule has 0 aliphatic rings. The van der Waals surface area contributed by atoms with Crippen LogP contribution >= 0.6 is 46.9 Å². The van der Waals surface area contributed by atoms with Crippen LogP contribution in [0.4, 0.5) is 0 Å². The predicted molar refractivity (Wildman–Crippen MR) is 125 cm³/mol. The van der Waals surface area contributed by atoms with Crippen LogP contribution in [0, 0.1) is 0 Å². The first-order valence-electron chi connectivity index (χ1n) is 8.47. The lowest BCUT2D eigenvalue weighted by Gasteiger charge is -2.13. The van der Waals surface area contributed by atoms with Gasteiger partial charge < -0.3 is 15.7 Å². The second-order valence-corrected chi connectivity index (χ2v) is 9.35. The van der Waals surface area contributed by atoms with Gasteiger partial charge in [0.25, 0.3) is 0 Å². The quantitative estimate of drug-likeness (QED) is 0.189. The molecule has 2 heterocycles. The lowest BCUT2D eigenvalue weighted by atomic mass is 10.2. The van der Waals surface area contributed by atoms with E-state index in [1.54, 1.807) is 23.7 Å². The van der Waals surface area contributed by atoms with E-state index in [2.05, 4.69) is 20.6 Å². The Morgan fingerprint density at radius 1 is 1.36 bits per heavy atom. The molecule has 2 aromatic rings. The van der Waals surface area contributed by atoms with Crippen molar-refractivity contribution in [2.75, 3.05) is 25.4 Å². The summed E-state index contributed by atoms with van der Waals surface area (Å²) in [5.41, 5.74) is 1.03. The molecule has 0 saturated heterocycles. The highest BCUT2D eigenvalue weighted by Crippen LogP contribution is 2.18. The van der Waals surface area contributed by atoms with Gasteiger partial charge in [-0.25, -0.2) is 13.4 Å². The highest BCUT2D eigenvalue weighted by molar-refractivity contribution is 14.0. The summed E-state index contributed by atoms with van der Waals surface area (Å²) in [7, 11) is -3.49. The molecule has 0 aliphatic heterocycles. The van der Waals surface area contributed by atoms with E-state index in [1.807, 2.05) is 13.0 Å². The van der Waals surface area contributed by atoms with E-state index >= 15 is 0 Å². The second kappa shape index (κ2) is 12.6. The predicted octanol–water partition coefficient (Wildman–Crippen LogP) is 2.35. The molecule has 28 heavy (non-hydrogen) atoms. The summed E-state index contributed by atoms with van der Waals surface area (Å²) in [4.78, 5) is 8.30. The summed E-state index contributed by atoms with van der Waals surface area (Å²) in [5.74, 6) is 0.166. The van der Waals surface area contributed by atoms with Crippen LogP contribution in [0.5, 0.6) is 0 Å². The summed E-state index contributed by atoms with van der Waals surface area (Å²) >= 11 is 6.91. The van der Waals surface area contributed by atoms with Crippen LogP contribution < -0.4 is 10.6 Å². The Morgan fingerprint density at radius 3 is 2.75 bits per heavy atom. The topological polar surface area (TPSA) is 104 Å². The lowest BCUT2D eigenvalue weighted by molar-refractivity contribution is 0.206. The second-order valence-electron chi connectivity index (χ2n) is 5.75. The van der Waals surface area contributed by atoms with Crippen LogP contribution in [0.3, 0.4) is 0 Å². The van der Waals surface area contributed by atoms with Gasteiger partial charge in [-0.3, -0.25) is 4.99 Å². The number of sulfone groups is 1. The van der Waals surface area contributed by atoms with Gasteiger partial charge in [-0.15, -0.1) is 35.3 Å². The minimum atomic E-state index is -3.49. The number of rotatable bonds is 9. The maximum Gasteiger partial charge on any atom is 0.191 e. The van der Waals surface area contributed by atoms with E-state index in [9.17, 15) is 13.5 Å². The van der Waals surface area contributed by atoms with Crippen molar-refractivity contribution in [1.29, 1.82) is 0 Å². The first-order valence-corrected chi connectivity index (χ1v) is 11.4. The third-order valence-electron chi connectivity index (χ3n) is 3.51. The third kappa shape index (κ3) is 8.60. The number of aliphatic hydroxyl groups excluding tert-OH is 1. The molecule has 2 rings (SSSR count). The van der Waals surface area contributed by atoms with E-state index in [-0.39, 0.29) is 40.5 Å². The zero-order chi connectivity index (χ0) is 19.7. The van der Waals surface area contributed by atoms with Crippen LogP contribution in [0.2, 0.25) is 5.15 Å². The molecule has 0 aliphatic carbocycles. The number of hydrogen-bond donors (Lipinski definition) is 3. The van der Waals surface area contributed by atoms with Crippen molar-refractivity contribution in [3.8, 4) is 0 Å². The highest BCUT2D eigenvalue weighted by atomic mass is 127. The molecule has 1 unspecified atom stereocenters. The summed E-state index contributed by atoms with van der Waals surface area (Å²) in [5, 5.41) is 18.4. The number of guanidine groups is 1. The van der Waals surface area contributed by atoms with Gasteiger partial charge in [-0.2, -0.15) is 0 Å². The molecule has 1 atom stereocenters. The Bertz CT molecular complexity index is 831. The van der Waals surface area contributed by atoms with E-state index in [4.69, 9.17) is 11.6 Å². The minimum Gasteiger partial charge on any atom is -0.390 e. The summed E-state index contributed by atoms with van der Waals surface area (Å²) in [6.45, 7) is 3.18. The van der Waals surface area contributed by atoms with Crippen LogP contribution in [0.25, 0.3) is 0 Å². The smallest absolute Gasteiger partial charge is 0.191 e. The first kappa shape index (κ1) is 25.1. The van der Waals surface area contributed by atoms with Gasteiger partial charge in [0.1, 0.15) is 9.36 Å². The standard InChI is InChI=1S/C17H23ClN4O3S2.HI/c1-2-19-17(20-8-7-13-5-6-15(18)21-10-13)22-11-14(23)12-27(24,25)16-4-3-9-26-16;/h3-6,9-10,14,23H,2,7-8,11-12H2,1H3,(H2,19,20,22);1H. The number of aliphatic hydroxyl groups is 1. The van der Waals surface area contributed by atoms with Crippen LogP contribution in [0.1, 0.15) is 12.5 Å². The molecule has 3 N–H and O–H groups in total. The number of nitrogens with one attached hydrogen (secondary N) is 2. The highest BCUT2D eigenvalue weighted by Gasteiger charge is 2.20. The number of aliphatic imine (C=N–C) groups is 1. The molecular weight excluding hydrogens is 535 g/mol. The fourth-order valence-corrected chi connectivity index (χ4v) is 4.83. The number of aromatic nitrogens is 1. The average Bonchev–Trinajstić information content (AvgIpc) is 3.17. The zero-order valence-electron chi connectivity index (χ0n) is 15.3. The molecule has 2 aromatic heterocycles. The van der Waals surface area contributed by atoms with Gasteiger partial charge in [0.15, 0.2) is 15.8 Å². The maximum atomic E-state index is 12.2. The monoisotopic (exact) mass is 558 g/mol. The van der Waals surface area contributed by atoms with Crippen molar-refractivity contribution >= 4 is 62.7 Å². The zero-order valence-corrected chi connectivity index (χ0v) is 20.1. The van der Waals surface area contributed by atoms with Gasteiger partial charge >= 0.3 is 0 Å². The average molecular weight is 559 g/mol. The molecule has 0 radical (unpaired) electrons. The van der Waals surface area contributed by atoms with Gasteiger partial charge in [0, 0.05) is 19.3 Å². The van der Waals surface area contributed by atoms with Gasteiger partial charge in [-0.05, 0) is 36.4 Å². The number of thiophene rings is 1. The van der Waals surface area contributed by atoms with Gasteiger partial charge in [-0.1, -0.05) is 23.7 Å². The molecule has 7 nitrogen and oxygen atoms in total. The Labute approximate surface area is 191 Å². The number of nitrogens with zero attached hydrogens (tertiary/aromatic N) is 2. The van der Waals surface area contributed by atoms with E-state index < -0.39 is 15.9 Å². The molecule has 0 bridgehead atoms. The maximum absolute atomic E-state index is 12.2. The Kier molecular flexibility index (Phi) is 11.3. The number of hydrogen-bond acceptors (Lipinski definition) is 6. The van der Waals surface area contributed by atoms with Crippen LogP contribution in [-0.4, -0.2) is 56.0 Å². The summed E-state index contributed by atoms with van der Waals surface area (Å²) < 4.78 is 24.6. The number of pyridine rings is 1. The molecule has 0 aromatic carbocycles. The fraction of sp³-hybridized carbons (Fsp3) is 0.412. The minimum absolute atomic E-state index is 0. The molecule has 156 valence electrons. The van der Waals surface area contributed by atoms with Crippen molar-refractivity contribution in [1.82, 2.24) is 15.6 Å². The Balaban J connectivity index is 0.00000392. The van der Waals surface area contributed by atoms with E-state index in [0.29, 0.717) is 24.2 Å². The van der Waals surface area contributed by atoms with Crippen molar-refractivity contribution in [3.63, 3.8) is 0 Å².